The van der Waals surface area contributed by atoms with Gasteiger partial charge in [0.15, 0.2) is 0 Å². The summed E-state index contributed by atoms with van der Waals surface area (Å²) in [6.45, 7) is 3.86. The molecule has 1 saturated carbocycles. The van der Waals surface area contributed by atoms with Gasteiger partial charge in [0, 0.05) is 6.04 Å². The fourth-order valence-corrected chi connectivity index (χ4v) is 2.21. The maximum absolute atomic E-state index is 11.9. The Hall–Kier alpha value is -2.30. The number of nitrogens with zero attached hydrogens (tertiary/aromatic N) is 2. The van der Waals surface area contributed by atoms with Crippen LogP contribution in [-0.2, 0) is 0 Å². The second kappa shape index (κ2) is 5.00. The molecule has 1 aliphatic rings. The van der Waals surface area contributed by atoms with Crippen LogP contribution in [0.3, 0.4) is 0 Å². The van der Waals surface area contributed by atoms with Crippen LogP contribution in [0.2, 0.25) is 0 Å². The van der Waals surface area contributed by atoms with E-state index in [4.69, 9.17) is 0 Å². The first-order valence-electron chi connectivity index (χ1n) is 6.84. The van der Waals surface area contributed by atoms with Crippen molar-refractivity contribution in [2.24, 2.45) is 0 Å². The van der Waals surface area contributed by atoms with Crippen LogP contribution in [0.15, 0.2) is 30.3 Å². The number of para-hydroxylation sites is 1. The lowest BCUT2D eigenvalue weighted by Gasteiger charge is -2.07. The van der Waals surface area contributed by atoms with E-state index in [1.54, 1.807) is 0 Å². The van der Waals surface area contributed by atoms with Crippen molar-refractivity contribution in [2.45, 2.75) is 32.7 Å². The minimum atomic E-state index is -0.147. The molecule has 2 N–H and O–H groups in total. The molecule has 0 bridgehead atoms. The number of amides is 2. The molecular formula is C15H18N4O. The molecular weight excluding hydrogens is 252 g/mol. The summed E-state index contributed by atoms with van der Waals surface area (Å²) in [7, 11) is 0. The van der Waals surface area contributed by atoms with E-state index in [2.05, 4.69) is 15.7 Å². The molecule has 5 heteroatoms. The fraction of sp³-hybridized carbons (Fsp3) is 0.333. The van der Waals surface area contributed by atoms with Crippen molar-refractivity contribution in [1.29, 1.82) is 0 Å². The maximum Gasteiger partial charge on any atom is 0.319 e. The van der Waals surface area contributed by atoms with Crippen molar-refractivity contribution in [1.82, 2.24) is 15.1 Å². The number of carbonyl (C=O) groups is 1. The number of nitrogens with one attached hydrogen (secondary N) is 2. The molecule has 2 amide bonds. The molecule has 2 aromatic rings. The van der Waals surface area contributed by atoms with Gasteiger partial charge in [-0.25, -0.2) is 9.48 Å². The van der Waals surface area contributed by atoms with E-state index in [0.29, 0.717) is 6.04 Å². The van der Waals surface area contributed by atoms with Crippen molar-refractivity contribution >= 4 is 11.7 Å². The second-order valence-corrected chi connectivity index (χ2v) is 5.17. The Labute approximate surface area is 118 Å². The molecule has 0 saturated heterocycles. The molecule has 1 aromatic heterocycles. The molecule has 0 unspecified atom stereocenters. The van der Waals surface area contributed by atoms with Gasteiger partial charge in [-0.3, -0.25) is 0 Å². The topological polar surface area (TPSA) is 59.0 Å². The van der Waals surface area contributed by atoms with Crippen molar-refractivity contribution in [3.63, 3.8) is 0 Å². The third kappa shape index (κ3) is 2.52. The normalized spacial score (nSPS) is 14.1. The lowest BCUT2D eigenvalue weighted by Crippen LogP contribution is -2.30. The van der Waals surface area contributed by atoms with Crippen LogP contribution < -0.4 is 10.6 Å². The van der Waals surface area contributed by atoms with Gasteiger partial charge in [0.25, 0.3) is 0 Å². The smallest absolute Gasteiger partial charge is 0.319 e. The third-order valence-electron chi connectivity index (χ3n) is 3.44. The largest absolute Gasteiger partial charge is 0.335 e. The molecule has 0 atom stereocenters. The molecule has 0 aliphatic heterocycles. The predicted octanol–water partition coefficient (Wildman–Crippen LogP) is 2.77. The summed E-state index contributed by atoms with van der Waals surface area (Å²) in [6, 6.07) is 10.1. The number of benzene rings is 1. The zero-order valence-electron chi connectivity index (χ0n) is 11.7. The summed E-state index contributed by atoms with van der Waals surface area (Å²) < 4.78 is 1.85. The lowest BCUT2D eigenvalue weighted by molar-refractivity contribution is 0.251. The molecule has 1 fully saturated rings. The van der Waals surface area contributed by atoms with Gasteiger partial charge in [-0.2, -0.15) is 5.10 Å². The summed E-state index contributed by atoms with van der Waals surface area (Å²) in [5.41, 5.74) is 3.52. The van der Waals surface area contributed by atoms with Gasteiger partial charge in [-0.05, 0) is 38.8 Å². The zero-order chi connectivity index (χ0) is 14.1. The number of carbonyl (C=O) groups excluding carboxylic acids is 1. The van der Waals surface area contributed by atoms with E-state index in [0.717, 1.165) is 35.6 Å². The first-order valence-corrected chi connectivity index (χ1v) is 6.84. The van der Waals surface area contributed by atoms with E-state index in [-0.39, 0.29) is 6.03 Å². The lowest BCUT2D eigenvalue weighted by atomic mass is 10.3. The Balaban J connectivity index is 1.84. The number of urea groups is 1. The van der Waals surface area contributed by atoms with Gasteiger partial charge in [0.1, 0.15) is 0 Å². The average Bonchev–Trinajstić information content (AvgIpc) is 3.21. The van der Waals surface area contributed by atoms with E-state index >= 15 is 0 Å². The first-order chi connectivity index (χ1) is 9.65. The summed E-state index contributed by atoms with van der Waals surface area (Å²) in [4.78, 5) is 11.9. The van der Waals surface area contributed by atoms with Crippen LogP contribution in [0.1, 0.15) is 24.2 Å². The molecule has 3 rings (SSSR count). The Morgan fingerprint density at radius 2 is 1.95 bits per heavy atom. The third-order valence-corrected chi connectivity index (χ3v) is 3.44. The van der Waals surface area contributed by atoms with E-state index in [1.165, 1.54) is 0 Å². The van der Waals surface area contributed by atoms with Gasteiger partial charge in [0.2, 0.25) is 0 Å². The van der Waals surface area contributed by atoms with Crippen molar-refractivity contribution in [2.75, 3.05) is 5.32 Å². The van der Waals surface area contributed by atoms with E-state index < -0.39 is 0 Å². The zero-order valence-corrected chi connectivity index (χ0v) is 11.7. The number of hydrogen-bond donors (Lipinski definition) is 2. The van der Waals surface area contributed by atoms with E-state index in [9.17, 15) is 4.79 Å². The van der Waals surface area contributed by atoms with Crippen LogP contribution in [0, 0.1) is 13.8 Å². The summed E-state index contributed by atoms with van der Waals surface area (Å²) in [6.07, 6.45) is 2.16. The molecule has 1 aliphatic carbocycles. The van der Waals surface area contributed by atoms with Gasteiger partial charge < -0.3 is 10.6 Å². The van der Waals surface area contributed by atoms with E-state index in [1.807, 2.05) is 48.9 Å². The molecule has 1 heterocycles. The maximum atomic E-state index is 11.9. The minimum Gasteiger partial charge on any atom is -0.335 e. The van der Waals surface area contributed by atoms with Gasteiger partial charge in [0.05, 0.1) is 22.8 Å². The van der Waals surface area contributed by atoms with Crippen LogP contribution in [0.5, 0.6) is 0 Å². The monoisotopic (exact) mass is 270 g/mol. The van der Waals surface area contributed by atoms with Crippen LogP contribution in [0.4, 0.5) is 10.5 Å². The van der Waals surface area contributed by atoms with Gasteiger partial charge in [-0.1, -0.05) is 18.2 Å². The minimum absolute atomic E-state index is 0.147. The molecule has 1 aromatic carbocycles. The predicted molar refractivity (Wildman–Crippen MR) is 78.2 cm³/mol. The Kier molecular flexibility index (Phi) is 3.18. The van der Waals surface area contributed by atoms with Gasteiger partial charge in [-0.15, -0.1) is 0 Å². The molecule has 5 nitrogen and oxygen atoms in total. The number of hydrogen-bond acceptors (Lipinski definition) is 2. The van der Waals surface area contributed by atoms with Crippen molar-refractivity contribution in [3.05, 3.63) is 41.7 Å². The highest BCUT2D eigenvalue weighted by Gasteiger charge is 2.24. The van der Waals surface area contributed by atoms with Crippen molar-refractivity contribution < 1.29 is 4.79 Å². The summed E-state index contributed by atoms with van der Waals surface area (Å²) >= 11 is 0. The summed E-state index contributed by atoms with van der Waals surface area (Å²) in [5.74, 6) is 0. The standard InChI is InChI=1S/C15H18N4O/c1-10-14(17-15(20)16-12-8-9-12)11(2)19(18-10)13-6-4-3-5-7-13/h3-7,12H,8-9H2,1-2H3,(H2,16,17,20). The quantitative estimate of drug-likeness (QED) is 0.901. The molecule has 0 spiro atoms. The second-order valence-electron chi connectivity index (χ2n) is 5.17. The van der Waals surface area contributed by atoms with Crippen LogP contribution in [0.25, 0.3) is 5.69 Å². The highest BCUT2D eigenvalue weighted by molar-refractivity contribution is 5.91. The number of aryl methyl sites for hydroxylation is 1. The molecule has 20 heavy (non-hydrogen) atoms. The Morgan fingerprint density at radius 3 is 2.60 bits per heavy atom. The van der Waals surface area contributed by atoms with Crippen LogP contribution >= 0.6 is 0 Å². The first kappa shape index (κ1) is 12.7. The molecule has 104 valence electrons. The number of anilines is 1. The average molecular weight is 270 g/mol. The fourth-order valence-electron chi connectivity index (χ4n) is 2.21. The highest BCUT2D eigenvalue weighted by atomic mass is 16.2. The summed E-state index contributed by atoms with van der Waals surface area (Å²) in [5, 5.41) is 10.3. The SMILES string of the molecule is Cc1nn(-c2ccccc2)c(C)c1NC(=O)NC1CC1. The molecule has 0 radical (unpaired) electrons. The Morgan fingerprint density at radius 1 is 1.25 bits per heavy atom. The van der Waals surface area contributed by atoms with Crippen LogP contribution in [-0.4, -0.2) is 21.9 Å². The highest BCUT2D eigenvalue weighted by Crippen LogP contribution is 2.23. The number of aromatic nitrogens is 2. The van der Waals surface area contributed by atoms with Crippen molar-refractivity contribution in [3.8, 4) is 5.69 Å². The number of rotatable bonds is 3. The Bertz CT molecular complexity index is 629. The van der Waals surface area contributed by atoms with Gasteiger partial charge >= 0.3 is 6.03 Å².